The fourth-order valence-corrected chi connectivity index (χ4v) is 3.71. The molecular formula is C20H17N3O3S. The number of aryl methyl sites for hydroxylation is 1. The van der Waals surface area contributed by atoms with E-state index in [1.165, 1.54) is 4.68 Å². The Hall–Kier alpha value is -3.19. The largest absolute Gasteiger partial charge is 0.467 e. The zero-order chi connectivity index (χ0) is 18.8. The van der Waals surface area contributed by atoms with E-state index < -0.39 is 0 Å². The zero-order valence-corrected chi connectivity index (χ0v) is 15.5. The Kier molecular flexibility index (Phi) is 4.60. The normalized spacial score (nSPS) is 11.0. The van der Waals surface area contributed by atoms with Crippen LogP contribution < -0.4 is 5.56 Å². The zero-order valence-electron chi connectivity index (χ0n) is 14.7. The van der Waals surface area contributed by atoms with Crippen molar-refractivity contribution in [3.05, 3.63) is 86.9 Å². The van der Waals surface area contributed by atoms with Crippen LogP contribution in [-0.2, 0) is 20.1 Å². The van der Waals surface area contributed by atoms with E-state index in [2.05, 4.69) is 5.10 Å². The summed E-state index contributed by atoms with van der Waals surface area (Å²) in [4.78, 5) is 28.5. The summed E-state index contributed by atoms with van der Waals surface area (Å²) in [7, 11) is 1.56. The van der Waals surface area contributed by atoms with Gasteiger partial charge in [-0.15, -0.1) is 11.3 Å². The van der Waals surface area contributed by atoms with Crippen LogP contribution in [0.1, 0.15) is 21.1 Å². The minimum absolute atomic E-state index is 0.224. The summed E-state index contributed by atoms with van der Waals surface area (Å²) in [6.07, 6.45) is 1.59. The lowest BCUT2D eigenvalue weighted by Crippen LogP contribution is -2.33. The molecule has 0 aliphatic heterocycles. The number of hydrogen-bond acceptors (Lipinski definition) is 5. The van der Waals surface area contributed by atoms with Gasteiger partial charge in [0.2, 0.25) is 0 Å². The Morgan fingerprint density at radius 2 is 1.93 bits per heavy atom. The molecule has 0 saturated carbocycles. The number of rotatable bonds is 5. The third-order valence-electron chi connectivity index (χ3n) is 4.30. The molecule has 27 heavy (non-hydrogen) atoms. The maximum Gasteiger partial charge on any atom is 0.275 e. The summed E-state index contributed by atoms with van der Waals surface area (Å²) in [6.45, 7) is 0.763. The molecule has 0 saturated heterocycles. The predicted molar refractivity (Wildman–Crippen MR) is 104 cm³/mol. The van der Waals surface area contributed by atoms with Gasteiger partial charge in [0.05, 0.1) is 24.7 Å². The minimum atomic E-state index is -0.244. The van der Waals surface area contributed by atoms with Crippen LogP contribution in [0, 0.1) is 0 Å². The number of amides is 1. The van der Waals surface area contributed by atoms with E-state index in [9.17, 15) is 9.59 Å². The van der Waals surface area contributed by atoms with Crippen molar-refractivity contribution < 1.29 is 9.21 Å². The number of carbonyl (C=O) groups excluding carboxylic acids is 1. The average molecular weight is 379 g/mol. The summed E-state index contributed by atoms with van der Waals surface area (Å²) in [5, 5.41) is 7.28. The molecular weight excluding hydrogens is 362 g/mol. The van der Waals surface area contributed by atoms with Crippen molar-refractivity contribution in [3.8, 4) is 0 Å². The maximum absolute atomic E-state index is 13.4. The molecule has 0 fully saturated rings. The van der Waals surface area contributed by atoms with Crippen molar-refractivity contribution in [1.82, 2.24) is 14.7 Å². The van der Waals surface area contributed by atoms with Crippen LogP contribution in [0.5, 0.6) is 0 Å². The Labute approximate surface area is 159 Å². The first-order valence-electron chi connectivity index (χ1n) is 8.43. The number of thiophene rings is 1. The summed E-state index contributed by atoms with van der Waals surface area (Å²) in [5.74, 6) is 0.445. The van der Waals surface area contributed by atoms with Crippen molar-refractivity contribution in [2.24, 2.45) is 7.05 Å². The van der Waals surface area contributed by atoms with Gasteiger partial charge < -0.3 is 9.32 Å². The first kappa shape index (κ1) is 17.2. The van der Waals surface area contributed by atoms with Crippen molar-refractivity contribution in [1.29, 1.82) is 0 Å². The standard InChI is InChI=1S/C20H17N3O3S/c1-22-19(24)17-9-3-2-8-16(17)18(21-22)20(25)23(12-14-6-4-10-26-14)13-15-7-5-11-27-15/h2-11H,12-13H2,1H3. The predicted octanol–water partition coefficient (Wildman–Crippen LogP) is 3.43. The summed E-state index contributed by atoms with van der Waals surface area (Å²) in [6, 6.07) is 14.6. The molecule has 0 spiro atoms. The molecule has 4 aromatic rings. The van der Waals surface area contributed by atoms with E-state index in [1.54, 1.807) is 59.9 Å². The van der Waals surface area contributed by atoms with Crippen molar-refractivity contribution in [3.63, 3.8) is 0 Å². The second-order valence-electron chi connectivity index (χ2n) is 6.14. The van der Waals surface area contributed by atoms with E-state index >= 15 is 0 Å². The average Bonchev–Trinajstić information content (AvgIpc) is 3.38. The molecule has 1 aromatic carbocycles. The number of aromatic nitrogens is 2. The van der Waals surface area contributed by atoms with Crippen LogP contribution in [-0.4, -0.2) is 20.6 Å². The van der Waals surface area contributed by atoms with Crippen LogP contribution in [0.25, 0.3) is 10.8 Å². The molecule has 3 heterocycles. The van der Waals surface area contributed by atoms with Gasteiger partial charge in [-0.3, -0.25) is 9.59 Å². The lowest BCUT2D eigenvalue weighted by Gasteiger charge is -2.21. The number of carbonyl (C=O) groups is 1. The second kappa shape index (κ2) is 7.20. The lowest BCUT2D eigenvalue weighted by atomic mass is 10.1. The molecule has 4 rings (SSSR count). The Balaban J connectivity index is 1.78. The highest BCUT2D eigenvalue weighted by Crippen LogP contribution is 2.20. The maximum atomic E-state index is 13.4. The van der Waals surface area contributed by atoms with Gasteiger partial charge in [0.15, 0.2) is 5.69 Å². The number of nitrogens with zero attached hydrogens (tertiary/aromatic N) is 3. The van der Waals surface area contributed by atoms with Gasteiger partial charge >= 0.3 is 0 Å². The number of benzene rings is 1. The third-order valence-corrected chi connectivity index (χ3v) is 5.16. The first-order valence-corrected chi connectivity index (χ1v) is 9.31. The smallest absolute Gasteiger partial charge is 0.275 e. The topological polar surface area (TPSA) is 68.3 Å². The minimum Gasteiger partial charge on any atom is -0.467 e. The SMILES string of the molecule is Cn1nc(C(=O)N(Cc2ccco2)Cc2cccs2)c2ccccc2c1=O. The van der Waals surface area contributed by atoms with E-state index in [0.29, 0.717) is 29.6 Å². The molecule has 1 amide bonds. The molecule has 136 valence electrons. The van der Waals surface area contributed by atoms with Gasteiger partial charge in [-0.05, 0) is 29.6 Å². The van der Waals surface area contributed by atoms with Gasteiger partial charge in [-0.1, -0.05) is 24.3 Å². The van der Waals surface area contributed by atoms with E-state index in [1.807, 2.05) is 23.6 Å². The van der Waals surface area contributed by atoms with E-state index in [-0.39, 0.29) is 17.2 Å². The monoisotopic (exact) mass is 379 g/mol. The highest BCUT2D eigenvalue weighted by atomic mass is 32.1. The third kappa shape index (κ3) is 3.41. The molecule has 0 aliphatic carbocycles. The molecule has 0 aliphatic rings. The lowest BCUT2D eigenvalue weighted by molar-refractivity contribution is 0.0713. The fraction of sp³-hybridized carbons (Fsp3) is 0.150. The number of fused-ring (bicyclic) bond motifs is 1. The van der Waals surface area contributed by atoms with Crippen LogP contribution >= 0.6 is 11.3 Å². The number of hydrogen-bond donors (Lipinski definition) is 0. The van der Waals surface area contributed by atoms with Gasteiger partial charge in [0.1, 0.15) is 5.76 Å². The van der Waals surface area contributed by atoms with Gasteiger partial charge in [-0.2, -0.15) is 5.10 Å². The van der Waals surface area contributed by atoms with Crippen LogP contribution in [0.15, 0.2) is 69.4 Å². The summed E-state index contributed by atoms with van der Waals surface area (Å²) in [5.41, 5.74) is 0.0359. The quantitative estimate of drug-likeness (QED) is 0.533. The molecule has 0 atom stereocenters. The Morgan fingerprint density at radius 1 is 1.11 bits per heavy atom. The highest BCUT2D eigenvalue weighted by molar-refractivity contribution is 7.09. The van der Waals surface area contributed by atoms with Crippen LogP contribution in [0.3, 0.4) is 0 Å². The molecule has 6 nitrogen and oxygen atoms in total. The summed E-state index contributed by atoms with van der Waals surface area (Å²) >= 11 is 1.59. The first-order chi connectivity index (χ1) is 13.1. The molecule has 0 radical (unpaired) electrons. The molecule has 7 heteroatoms. The molecule has 3 aromatic heterocycles. The highest BCUT2D eigenvalue weighted by Gasteiger charge is 2.23. The molecule has 0 bridgehead atoms. The summed E-state index contributed by atoms with van der Waals surface area (Å²) < 4.78 is 6.65. The van der Waals surface area contributed by atoms with Gasteiger partial charge in [0.25, 0.3) is 11.5 Å². The second-order valence-corrected chi connectivity index (χ2v) is 7.18. The van der Waals surface area contributed by atoms with Crippen molar-refractivity contribution in [2.75, 3.05) is 0 Å². The Bertz CT molecular complexity index is 1090. The van der Waals surface area contributed by atoms with Crippen LogP contribution in [0.2, 0.25) is 0 Å². The fourth-order valence-electron chi connectivity index (χ4n) is 2.99. The Morgan fingerprint density at radius 3 is 2.63 bits per heavy atom. The number of furan rings is 1. The molecule has 0 N–H and O–H groups in total. The van der Waals surface area contributed by atoms with Crippen LogP contribution in [0.4, 0.5) is 0 Å². The van der Waals surface area contributed by atoms with Crippen molar-refractivity contribution >= 4 is 28.0 Å². The van der Waals surface area contributed by atoms with E-state index in [4.69, 9.17) is 4.42 Å². The van der Waals surface area contributed by atoms with Gasteiger partial charge in [-0.25, -0.2) is 4.68 Å². The van der Waals surface area contributed by atoms with Crippen molar-refractivity contribution in [2.45, 2.75) is 13.1 Å². The van der Waals surface area contributed by atoms with E-state index in [0.717, 1.165) is 4.88 Å². The van der Waals surface area contributed by atoms with Gasteiger partial charge in [0, 0.05) is 17.3 Å². The molecule has 0 unspecified atom stereocenters.